The van der Waals surface area contributed by atoms with E-state index in [0.717, 1.165) is 45.4 Å². The molecule has 0 N–H and O–H groups in total. The van der Waals surface area contributed by atoms with Gasteiger partial charge in [-0.3, -0.25) is 0 Å². The molecule has 210 valence electrons. The minimum Gasteiger partial charge on any atom is -0.748 e. The Labute approximate surface area is 253 Å². The van der Waals surface area contributed by atoms with E-state index in [1.807, 2.05) is 52.8 Å². The molecule has 0 spiro atoms. The first-order chi connectivity index (χ1) is 18.3. The minimum atomic E-state index is -4.31. The Morgan fingerprint density at radius 2 is 1.67 bits per heavy atom. The third-order valence-electron chi connectivity index (χ3n) is 5.96. The molecule has 0 saturated carbocycles. The predicted molar refractivity (Wildman–Crippen MR) is 162 cm³/mol. The minimum absolute atomic E-state index is 0.203. The van der Waals surface area contributed by atoms with Gasteiger partial charge in [0.2, 0.25) is 5.52 Å². The van der Waals surface area contributed by atoms with Crippen molar-refractivity contribution in [2.75, 3.05) is 23.0 Å². The summed E-state index contributed by atoms with van der Waals surface area (Å²) >= 11 is 10.2. The first-order valence-electron chi connectivity index (χ1n) is 12.0. The molecule has 1 aliphatic heterocycles. The highest BCUT2D eigenvalue weighted by Crippen LogP contribution is 2.47. The third-order valence-corrected chi connectivity index (χ3v) is 10.8. The first kappa shape index (κ1) is 30.7. The number of halogens is 2. The molecule has 0 bridgehead atoms. The van der Waals surface area contributed by atoms with Crippen molar-refractivity contribution in [2.24, 2.45) is 0 Å². The lowest BCUT2D eigenvalue weighted by molar-refractivity contribution is -0.668. The highest BCUT2D eigenvalue weighted by Gasteiger charge is 2.26. The Morgan fingerprint density at radius 1 is 1.00 bits per heavy atom. The van der Waals surface area contributed by atoms with Gasteiger partial charge in [0.05, 0.1) is 31.0 Å². The van der Waals surface area contributed by atoms with Crippen LogP contribution < -0.4 is 9.47 Å². The molecule has 0 radical (unpaired) electrons. The van der Waals surface area contributed by atoms with Crippen LogP contribution in [0.4, 0.5) is 5.69 Å². The first-order valence-corrected chi connectivity index (χ1v) is 18.4. The van der Waals surface area contributed by atoms with Crippen molar-refractivity contribution < 1.29 is 30.5 Å². The molecule has 39 heavy (non-hydrogen) atoms. The van der Waals surface area contributed by atoms with Crippen molar-refractivity contribution in [3.05, 3.63) is 67.0 Å². The normalized spacial score (nSPS) is 15.5. The van der Waals surface area contributed by atoms with Gasteiger partial charge >= 0.3 is 0 Å². The van der Waals surface area contributed by atoms with Crippen LogP contribution in [-0.4, -0.2) is 44.0 Å². The maximum atomic E-state index is 11.2. The summed E-state index contributed by atoms with van der Waals surface area (Å²) in [5, 5.41) is 1.85. The Bertz CT molecular complexity index is 1670. The lowest BCUT2D eigenvalue weighted by Crippen LogP contribution is -2.36. The van der Waals surface area contributed by atoms with E-state index in [9.17, 15) is 25.9 Å². The van der Waals surface area contributed by atoms with Crippen molar-refractivity contribution in [1.82, 2.24) is 0 Å². The third kappa shape index (κ3) is 8.38. The molecule has 0 fully saturated rings. The van der Waals surface area contributed by atoms with Crippen LogP contribution in [0, 0.1) is 0 Å². The Hall–Kier alpha value is -1.26. The van der Waals surface area contributed by atoms with Crippen LogP contribution in [0.1, 0.15) is 31.2 Å². The zero-order valence-corrected chi connectivity index (χ0v) is 27.2. The molecule has 14 heteroatoms. The number of hydrogen-bond acceptors (Lipinski definition) is 9. The summed E-state index contributed by atoms with van der Waals surface area (Å²) in [5.41, 5.74) is 2.90. The van der Waals surface area contributed by atoms with Crippen LogP contribution in [0.15, 0.2) is 66.9 Å². The van der Waals surface area contributed by atoms with Gasteiger partial charge in [-0.15, -0.1) is 0 Å². The number of thiazole rings is 1. The molecular weight excluding hydrogens is 712 g/mol. The number of aromatic nitrogens is 1. The standard InChI is InChI=1S/C25H26Br2N2O6S4/c1-2-17(13-24-28(9-3-11-38(30,31)32)20-15-18(26)5-7-22(20)36-24)14-25-29(10-4-12-39(33,34)35)21-16-19(27)6-8-23(21)37-25/h5-8,13-16H,2-4,9-12H2,1H3,(H-,30,31,32,33,34,35)/p-1. The Balaban J connectivity index is 1.71. The largest absolute Gasteiger partial charge is 0.748 e. The summed E-state index contributed by atoms with van der Waals surface area (Å²) in [7, 11) is -8.62. The molecule has 0 amide bonds. The average molecular weight is 738 g/mol. The van der Waals surface area contributed by atoms with Crippen LogP contribution >= 0.6 is 55.0 Å². The number of hydrogen-bond donors (Lipinski definition) is 0. The number of anilines is 1. The van der Waals surface area contributed by atoms with Crippen LogP contribution in [0.3, 0.4) is 0 Å². The van der Waals surface area contributed by atoms with Gasteiger partial charge in [-0.05, 0) is 54.8 Å². The molecule has 4 rings (SSSR count). The molecule has 1 aliphatic rings. The Morgan fingerprint density at radius 3 is 2.36 bits per heavy atom. The van der Waals surface area contributed by atoms with Crippen molar-refractivity contribution in [3.63, 3.8) is 0 Å². The van der Waals surface area contributed by atoms with E-state index in [4.69, 9.17) is 0 Å². The summed E-state index contributed by atoms with van der Waals surface area (Å²) in [4.78, 5) is 3.07. The van der Waals surface area contributed by atoms with E-state index in [1.54, 1.807) is 23.1 Å². The summed E-state index contributed by atoms with van der Waals surface area (Å²) < 4.78 is 72.1. The number of fused-ring (bicyclic) bond motifs is 2. The molecule has 8 nitrogen and oxygen atoms in total. The van der Waals surface area contributed by atoms with E-state index in [2.05, 4.69) is 44.0 Å². The van der Waals surface area contributed by atoms with Crippen LogP contribution in [0.2, 0.25) is 0 Å². The lowest BCUT2D eigenvalue weighted by atomic mass is 10.2. The van der Waals surface area contributed by atoms with Gasteiger partial charge in [0, 0.05) is 50.5 Å². The van der Waals surface area contributed by atoms with Crippen LogP contribution in [-0.2, 0) is 26.8 Å². The quantitative estimate of drug-likeness (QED) is 0.178. The predicted octanol–water partition coefficient (Wildman–Crippen LogP) is 5.83. The molecule has 0 aliphatic carbocycles. The second-order valence-corrected chi connectivity index (χ2v) is 15.9. The van der Waals surface area contributed by atoms with E-state index in [-0.39, 0.29) is 12.8 Å². The van der Waals surface area contributed by atoms with Crippen LogP contribution in [0.5, 0.6) is 0 Å². The summed E-state index contributed by atoms with van der Waals surface area (Å²) in [6.07, 6.45) is 5.25. The fraction of sp³-hybridized carbons (Fsp3) is 0.320. The number of rotatable bonds is 11. The number of thioether (sulfide) groups is 1. The topological polar surface area (TPSA) is 122 Å². The summed E-state index contributed by atoms with van der Waals surface area (Å²) in [6, 6.07) is 11.9. The van der Waals surface area contributed by atoms with Crippen molar-refractivity contribution in [3.8, 4) is 0 Å². The van der Waals surface area contributed by atoms with Gasteiger partial charge in [0.1, 0.15) is 4.70 Å². The van der Waals surface area contributed by atoms with E-state index in [0.29, 0.717) is 19.5 Å². The summed E-state index contributed by atoms with van der Waals surface area (Å²) in [5.74, 6) is -0.866. The SMILES string of the molecule is CCC(/C=C1\Sc2ccc(Br)cc2N1CCCS(=O)(=O)[O-])=C\c1sc2ccc(Br)cc2[n+]1CCCS(=O)(=O)[O-]. The molecule has 0 saturated heterocycles. The summed E-state index contributed by atoms with van der Waals surface area (Å²) in [6.45, 7) is 2.79. The van der Waals surface area contributed by atoms with Gasteiger partial charge in [0.25, 0.3) is 5.01 Å². The highest BCUT2D eigenvalue weighted by atomic mass is 79.9. The number of allylic oxidation sites excluding steroid dienone is 2. The van der Waals surface area contributed by atoms with Gasteiger partial charge in [0.15, 0.2) is 6.54 Å². The van der Waals surface area contributed by atoms with Gasteiger partial charge in [-0.25, -0.2) is 16.8 Å². The zero-order chi connectivity index (χ0) is 28.4. The maximum absolute atomic E-state index is 11.2. The van der Waals surface area contributed by atoms with E-state index >= 15 is 0 Å². The van der Waals surface area contributed by atoms with Gasteiger partial charge in [-0.2, -0.15) is 4.57 Å². The van der Waals surface area contributed by atoms with Crippen molar-refractivity contribution in [1.29, 1.82) is 0 Å². The highest BCUT2D eigenvalue weighted by molar-refractivity contribution is 9.10. The fourth-order valence-corrected chi connectivity index (χ4v) is 8.14. The van der Waals surface area contributed by atoms with Gasteiger partial charge in [-0.1, -0.05) is 61.9 Å². The average Bonchev–Trinajstić information content (AvgIpc) is 3.34. The Kier molecular flexibility index (Phi) is 10.0. The molecule has 0 atom stereocenters. The smallest absolute Gasteiger partial charge is 0.263 e. The lowest BCUT2D eigenvalue weighted by Gasteiger charge is -2.21. The monoisotopic (exact) mass is 735 g/mol. The van der Waals surface area contributed by atoms with Crippen molar-refractivity contribution >= 4 is 97.2 Å². The molecular formula is C25H25Br2N2O6S4-. The van der Waals surface area contributed by atoms with Crippen LogP contribution in [0.25, 0.3) is 16.3 Å². The fourth-order valence-electron chi connectivity index (χ4n) is 4.19. The number of nitrogens with zero attached hydrogens (tertiary/aromatic N) is 2. The second kappa shape index (κ2) is 12.7. The molecule has 0 unspecified atom stereocenters. The zero-order valence-electron chi connectivity index (χ0n) is 20.8. The van der Waals surface area contributed by atoms with E-state index < -0.39 is 31.7 Å². The molecule has 1 aromatic heterocycles. The molecule has 2 aromatic carbocycles. The second-order valence-electron chi connectivity index (χ2n) is 8.86. The van der Waals surface area contributed by atoms with Crippen molar-refractivity contribution in [2.45, 2.75) is 37.6 Å². The number of aryl methyl sites for hydroxylation is 1. The maximum Gasteiger partial charge on any atom is 0.263 e. The van der Waals surface area contributed by atoms with Gasteiger partial charge < -0.3 is 14.0 Å². The van der Waals surface area contributed by atoms with E-state index in [1.165, 1.54) is 0 Å². The number of benzene rings is 2. The molecule has 3 aromatic rings. The molecule has 2 heterocycles.